The average Bonchev–Trinajstić information content (AvgIpc) is 2.21. The molecule has 0 bridgehead atoms. The molecule has 5 heteroatoms. The molecular weight excluding hydrogens is 226 g/mol. The number of hydrogen-bond donors (Lipinski definition) is 2. The van der Waals surface area contributed by atoms with E-state index in [-0.39, 0.29) is 17.8 Å². The molecule has 90 valence electrons. The summed E-state index contributed by atoms with van der Waals surface area (Å²) >= 11 is 4.16. The van der Waals surface area contributed by atoms with E-state index in [2.05, 4.69) is 31.1 Å². The molecule has 0 spiro atoms. The van der Waals surface area contributed by atoms with Crippen LogP contribution in [0.2, 0.25) is 0 Å². The lowest BCUT2D eigenvalue weighted by Gasteiger charge is -2.12. The Kier molecular flexibility index (Phi) is 6.56. The minimum Gasteiger partial charge on any atom is -0.461 e. The number of ether oxygens (including phenoxy) is 1. The molecule has 1 unspecified atom stereocenters. The maximum Gasteiger partial charge on any atom is 0.333 e. The van der Waals surface area contributed by atoms with E-state index in [1.165, 1.54) is 0 Å². The largest absolute Gasteiger partial charge is 0.461 e. The lowest BCUT2D eigenvalue weighted by atomic mass is 10.3. The lowest BCUT2D eigenvalue weighted by Crippen LogP contribution is -2.32. The Morgan fingerprint density at radius 2 is 1.88 bits per heavy atom. The SMILES string of the molecule is C=C(C)C(=O)NCC(S)COC(=O)C(=C)C. The van der Waals surface area contributed by atoms with Crippen LogP contribution in [-0.4, -0.2) is 30.3 Å². The molecule has 0 fully saturated rings. The van der Waals surface area contributed by atoms with Crippen LogP contribution >= 0.6 is 12.6 Å². The van der Waals surface area contributed by atoms with Crippen molar-refractivity contribution in [1.82, 2.24) is 5.32 Å². The Morgan fingerprint density at radius 1 is 1.31 bits per heavy atom. The number of esters is 1. The van der Waals surface area contributed by atoms with Gasteiger partial charge in [0.1, 0.15) is 6.61 Å². The second-order valence-electron chi connectivity index (χ2n) is 3.52. The van der Waals surface area contributed by atoms with Crippen molar-refractivity contribution >= 4 is 24.5 Å². The van der Waals surface area contributed by atoms with Crippen molar-refractivity contribution in [2.45, 2.75) is 19.1 Å². The molecule has 1 amide bonds. The summed E-state index contributed by atoms with van der Waals surface area (Å²) in [5.41, 5.74) is 0.769. The van der Waals surface area contributed by atoms with Gasteiger partial charge >= 0.3 is 5.97 Å². The third-order valence-corrected chi connectivity index (χ3v) is 1.97. The number of amides is 1. The number of hydrogen-bond acceptors (Lipinski definition) is 4. The van der Waals surface area contributed by atoms with Crippen molar-refractivity contribution in [1.29, 1.82) is 0 Å². The Bertz CT molecular complexity index is 282. The van der Waals surface area contributed by atoms with Crippen molar-refractivity contribution in [2.75, 3.05) is 13.2 Å². The molecule has 0 aromatic heterocycles. The third-order valence-electron chi connectivity index (χ3n) is 1.64. The van der Waals surface area contributed by atoms with E-state index in [4.69, 9.17) is 4.74 Å². The van der Waals surface area contributed by atoms with Gasteiger partial charge in [-0.25, -0.2) is 4.79 Å². The molecule has 16 heavy (non-hydrogen) atoms. The van der Waals surface area contributed by atoms with Crippen molar-refractivity contribution in [2.24, 2.45) is 0 Å². The number of rotatable bonds is 6. The fourth-order valence-corrected chi connectivity index (χ4v) is 0.881. The van der Waals surface area contributed by atoms with Crippen LogP contribution in [0.4, 0.5) is 0 Å². The first-order valence-corrected chi connectivity index (χ1v) is 5.30. The summed E-state index contributed by atoms with van der Waals surface area (Å²) in [6.07, 6.45) is 0. The highest BCUT2D eigenvalue weighted by Gasteiger charge is 2.10. The zero-order valence-corrected chi connectivity index (χ0v) is 10.5. The molecule has 0 rings (SSSR count). The minimum absolute atomic E-state index is 0.130. The van der Waals surface area contributed by atoms with Crippen LogP contribution < -0.4 is 5.32 Å². The molecular formula is C11H17NO3S. The van der Waals surface area contributed by atoms with Crippen LogP contribution in [0.5, 0.6) is 0 Å². The molecule has 0 aliphatic heterocycles. The first-order chi connectivity index (χ1) is 7.34. The summed E-state index contributed by atoms with van der Waals surface area (Å²) in [5, 5.41) is 2.36. The van der Waals surface area contributed by atoms with Crippen LogP contribution in [-0.2, 0) is 14.3 Å². The topological polar surface area (TPSA) is 55.4 Å². The summed E-state index contributed by atoms with van der Waals surface area (Å²) in [5.74, 6) is -0.685. The highest BCUT2D eigenvalue weighted by atomic mass is 32.1. The lowest BCUT2D eigenvalue weighted by molar-refractivity contribution is -0.138. The van der Waals surface area contributed by atoms with Gasteiger partial charge in [0.15, 0.2) is 0 Å². The fraction of sp³-hybridized carbons (Fsp3) is 0.455. The molecule has 0 radical (unpaired) electrons. The van der Waals surface area contributed by atoms with Gasteiger partial charge in [-0.3, -0.25) is 4.79 Å². The third kappa shape index (κ3) is 6.29. The summed E-state index contributed by atoms with van der Waals surface area (Å²) in [6, 6.07) is 0. The molecule has 4 nitrogen and oxygen atoms in total. The highest BCUT2D eigenvalue weighted by molar-refractivity contribution is 7.81. The second-order valence-corrected chi connectivity index (χ2v) is 4.25. The Labute approximate surface area is 101 Å². The van der Waals surface area contributed by atoms with Gasteiger partial charge in [-0.15, -0.1) is 0 Å². The smallest absolute Gasteiger partial charge is 0.333 e. The second kappa shape index (κ2) is 7.11. The van der Waals surface area contributed by atoms with Crippen LogP contribution in [0.15, 0.2) is 24.3 Å². The summed E-state index contributed by atoms with van der Waals surface area (Å²) < 4.78 is 4.87. The maximum atomic E-state index is 11.1. The molecule has 0 aromatic carbocycles. The van der Waals surface area contributed by atoms with E-state index >= 15 is 0 Å². The molecule has 0 saturated heterocycles. The van der Waals surface area contributed by atoms with E-state index in [1.807, 2.05) is 0 Å². The summed E-state index contributed by atoms with van der Waals surface area (Å²) in [7, 11) is 0. The van der Waals surface area contributed by atoms with Gasteiger partial charge in [0.05, 0.1) is 5.25 Å². The predicted octanol–water partition coefficient (Wildman–Crippen LogP) is 1.10. The van der Waals surface area contributed by atoms with Crippen molar-refractivity contribution < 1.29 is 14.3 Å². The van der Waals surface area contributed by atoms with Crippen molar-refractivity contribution in [3.63, 3.8) is 0 Å². The predicted molar refractivity (Wildman–Crippen MR) is 66.4 cm³/mol. The number of nitrogens with one attached hydrogen (secondary N) is 1. The Morgan fingerprint density at radius 3 is 2.31 bits per heavy atom. The first-order valence-electron chi connectivity index (χ1n) is 4.79. The normalized spacial score (nSPS) is 11.4. The molecule has 0 aliphatic carbocycles. The van der Waals surface area contributed by atoms with Crippen molar-refractivity contribution in [3.05, 3.63) is 24.3 Å². The van der Waals surface area contributed by atoms with E-state index in [0.29, 0.717) is 17.7 Å². The van der Waals surface area contributed by atoms with Crippen molar-refractivity contribution in [3.8, 4) is 0 Å². The number of carbonyl (C=O) groups excluding carboxylic acids is 2. The van der Waals surface area contributed by atoms with Gasteiger partial charge < -0.3 is 10.1 Å². The zero-order chi connectivity index (χ0) is 12.7. The molecule has 0 heterocycles. The molecule has 0 saturated carbocycles. The van der Waals surface area contributed by atoms with Gasteiger partial charge in [0.2, 0.25) is 5.91 Å². The van der Waals surface area contributed by atoms with Crippen LogP contribution in [0, 0.1) is 0 Å². The van der Waals surface area contributed by atoms with Crippen LogP contribution in [0.3, 0.4) is 0 Å². The zero-order valence-electron chi connectivity index (χ0n) is 9.58. The van der Waals surface area contributed by atoms with Gasteiger partial charge in [0, 0.05) is 17.7 Å². The number of thiol groups is 1. The maximum absolute atomic E-state index is 11.1. The Balaban J connectivity index is 3.79. The van der Waals surface area contributed by atoms with Gasteiger partial charge in [-0.1, -0.05) is 13.2 Å². The van der Waals surface area contributed by atoms with Gasteiger partial charge in [-0.05, 0) is 13.8 Å². The van der Waals surface area contributed by atoms with E-state index in [9.17, 15) is 9.59 Å². The quantitative estimate of drug-likeness (QED) is 0.417. The fourth-order valence-electron chi connectivity index (χ4n) is 0.715. The van der Waals surface area contributed by atoms with E-state index in [1.54, 1.807) is 13.8 Å². The van der Waals surface area contributed by atoms with Crippen LogP contribution in [0.1, 0.15) is 13.8 Å². The first kappa shape index (κ1) is 14.8. The highest BCUT2D eigenvalue weighted by Crippen LogP contribution is 1.99. The number of carbonyl (C=O) groups is 2. The van der Waals surface area contributed by atoms with E-state index in [0.717, 1.165) is 0 Å². The monoisotopic (exact) mass is 243 g/mol. The van der Waals surface area contributed by atoms with E-state index < -0.39 is 5.97 Å². The molecule has 0 aromatic rings. The summed E-state index contributed by atoms with van der Waals surface area (Å²) in [4.78, 5) is 22.2. The van der Waals surface area contributed by atoms with Crippen LogP contribution in [0.25, 0.3) is 0 Å². The molecule has 1 atom stereocenters. The minimum atomic E-state index is -0.453. The average molecular weight is 243 g/mol. The standard InChI is InChI=1S/C11H17NO3S/c1-7(2)10(13)12-5-9(16)6-15-11(14)8(3)4/h9,16H,1,3,5-6H2,2,4H3,(H,12,13). The Hall–Kier alpha value is -1.23. The molecule has 0 aliphatic rings. The summed E-state index contributed by atoms with van der Waals surface area (Å²) in [6.45, 7) is 10.6. The molecule has 1 N–H and O–H groups in total. The van der Waals surface area contributed by atoms with Gasteiger partial charge in [0.25, 0.3) is 0 Å². The van der Waals surface area contributed by atoms with Gasteiger partial charge in [-0.2, -0.15) is 12.6 Å².